The van der Waals surface area contributed by atoms with E-state index in [1.807, 2.05) is 37.3 Å². The second-order valence-corrected chi connectivity index (χ2v) is 6.44. The van der Waals surface area contributed by atoms with Gasteiger partial charge in [-0.3, -0.25) is 4.79 Å². The summed E-state index contributed by atoms with van der Waals surface area (Å²) >= 11 is 0. The number of anilines is 1. The number of ether oxygens (including phenoxy) is 3. The van der Waals surface area contributed by atoms with Crippen LogP contribution in [-0.4, -0.2) is 36.9 Å². The molecule has 30 heavy (non-hydrogen) atoms. The summed E-state index contributed by atoms with van der Waals surface area (Å²) in [6.45, 7) is 2.53. The second kappa shape index (κ2) is 10.3. The zero-order chi connectivity index (χ0) is 21.3. The maximum absolute atomic E-state index is 12.1. The van der Waals surface area contributed by atoms with E-state index in [9.17, 15) is 4.79 Å². The number of amides is 1. The van der Waals surface area contributed by atoms with Crippen molar-refractivity contribution < 1.29 is 23.5 Å². The number of nitrogens with zero attached hydrogens (tertiary/aromatic N) is 2. The molecule has 8 nitrogen and oxygen atoms in total. The molecule has 0 aliphatic carbocycles. The lowest BCUT2D eigenvalue weighted by Gasteiger charge is -2.07. The number of methoxy groups -OCH3 is 2. The summed E-state index contributed by atoms with van der Waals surface area (Å²) in [6.07, 6.45) is 1.45. The van der Waals surface area contributed by atoms with Crippen LogP contribution in [0, 0.1) is 0 Å². The van der Waals surface area contributed by atoms with Crippen molar-refractivity contribution in [3.63, 3.8) is 0 Å². The van der Waals surface area contributed by atoms with Crippen LogP contribution in [0.4, 0.5) is 5.69 Å². The van der Waals surface area contributed by atoms with Gasteiger partial charge in [0.05, 0.1) is 20.8 Å². The standard InChI is InChI=1S/C22H25N3O5/c1-4-29-17-11-9-16(10-12-17)23-20(26)6-5-7-21-24-22(25-30-21)15-8-13-18(27-2)19(14-15)28-3/h8-14H,4-7H2,1-3H3,(H,23,26). The van der Waals surface area contributed by atoms with Crippen molar-refractivity contribution in [1.82, 2.24) is 10.1 Å². The molecule has 0 saturated carbocycles. The van der Waals surface area contributed by atoms with E-state index in [-0.39, 0.29) is 5.91 Å². The maximum atomic E-state index is 12.1. The third kappa shape index (κ3) is 5.50. The van der Waals surface area contributed by atoms with Crippen LogP contribution in [0.5, 0.6) is 17.2 Å². The molecule has 0 bridgehead atoms. The highest BCUT2D eigenvalue weighted by Gasteiger charge is 2.12. The molecular formula is C22H25N3O5. The number of aromatic nitrogens is 2. The Bertz CT molecular complexity index is 969. The Hall–Kier alpha value is -3.55. The lowest BCUT2D eigenvalue weighted by Crippen LogP contribution is -2.11. The molecule has 1 amide bonds. The van der Waals surface area contributed by atoms with Gasteiger partial charge in [-0.05, 0) is 55.8 Å². The molecule has 0 unspecified atom stereocenters. The summed E-state index contributed by atoms with van der Waals surface area (Å²) in [6, 6.07) is 12.7. The predicted octanol–water partition coefficient (Wildman–Crippen LogP) is 4.11. The number of carbonyl (C=O) groups is 1. The smallest absolute Gasteiger partial charge is 0.226 e. The Morgan fingerprint density at radius 3 is 2.53 bits per heavy atom. The zero-order valence-corrected chi connectivity index (χ0v) is 17.3. The number of carbonyl (C=O) groups excluding carboxylic acids is 1. The predicted molar refractivity (Wildman–Crippen MR) is 112 cm³/mol. The number of hydrogen-bond acceptors (Lipinski definition) is 7. The fourth-order valence-corrected chi connectivity index (χ4v) is 2.87. The van der Waals surface area contributed by atoms with Gasteiger partial charge in [0.25, 0.3) is 0 Å². The van der Waals surface area contributed by atoms with E-state index >= 15 is 0 Å². The third-order valence-electron chi connectivity index (χ3n) is 4.35. The molecular weight excluding hydrogens is 386 g/mol. The van der Waals surface area contributed by atoms with Crippen molar-refractivity contribution in [3.8, 4) is 28.6 Å². The first-order chi connectivity index (χ1) is 14.6. The number of rotatable bonds is 10. The highest BCUT2D eigenvalue weighted by Crippen LogP contribution is 2.31. The van der Waals surface area contributed by atoms with Gasteiger partial charge in [0.15, 0.2) is 11.5 Å². The summed E-state index contributed by atoms with van der Waals surface area (Å²) < 4.78 is 21.2. The van der Waals surface area contributed by atoms with E-state index in [4.69, 9.17) is 18.7 Å². The van der Waals surface area contributed by atoms with Crippen LogP contribution in [-0.2, 0) is 11.2 Å². The van der Waals surface area contributed by atoms with E-state index < -0.39 is 0 Å². The van der Waals surface area contributed by atoms with Gasteiger partial charge < -0.3 is 24.1 Å². The van der Waals surface area contributed by atoms with E-state index in [1.54, 1.807) is 26.4 Å². The van der Waals surface area contributed by atoms with E-state index in [1.165, 1.54) is 0 Å². The average molecular weight is 411 g/mol. The Balaban J connectivity index is 1.50. The molecule has 3 rings (SSSR count). The molecule has 0 aliphatic rings. The number of aryl methyl sites for hydroxylation is 1. The van der Waals surface area contributed by atoms with Gasteiger partial charge in [0.1, 0.15) is 5.75 Å². The minimum Gasteiger partial charge on any atom is -0.494 e. The molecule has 1 N–H and O–H groups in total. The summed E-state index contributed by atoms with van der Waals surface area (Å²) in [5.41, 5.74) is 1.49. The molecule has 2 aromatic carbocycles. The molecule has 1 aromatic heterocycles. The van der Waals surface area contributed by atoms with Crippen LogP contribution in [0.1, 0.15) is 25.7 Å². The Morgan fingerprint density at radius 2 is 1.83 bits per heavy atom. The molecule has 0 fully saturated rings. The quantitative estimate of drug-likeness (QED) is 0.536. The van der Waals surface area contributed by atoms with E-state index in [0.29, 0.717) is 49.1 Å². The lowest BCUT2D eigenvalue weighted by atomic mass is 10.2. The summed E-state index contributed by atoms with van der Waals surface area (Å²) in [7, 11) is 3.15. The van der Waals surface area contributed by atoms with E-state index in [2.05, 4.69) is 15.5 Å². The fourth-order valence-electron chi connectivity index (χ4n) is 2.87. The zero-order valence-electron chi connectivity index (χ0n) is 17.3. The summed E-state index contributed by atoms with van der Waals surface area (Å²) in [4.78, 5) is 16.5. The normalized spacial score (nSPS) is 10.5. The molecule has 1 heterocycles. The third-order valence-corrected chi connectivity index (χ3v) is 4.35. The first kappa shape index (κ1) is 21.2. The Morgan fingerprint density at radius 1 is 1.07 bits per heavy atom. The van der Waals surface area contributed by atoms with Gasteiger partial charge in [0, 0.05) is 24.1 Å². The van der Waals surface area contributed by atoms with Crippen LogP contribution in [0.2, 0.25) is 0 Å². The van der Waals surface area contributed by atoms with E-state index in [0.717, 1.165) is 17.0 Å². The highest BCUT2D eigenvalue weighted by molar-refractivity contribution is 5.90. The molecule has 8 heteroatoms. The molecule has 0 atom stereocenters. The van der Waals surface area contributed by atoms with Crippen molar-refractivity contribution in [2.45, 2.75) is 26.2 Å². The summed E-state index contributed by atoms with van der Waals surface area (Å²) in [5.74, 6) is 2.87. The van der Waals surface area contributed by atoms with Crippen LogP contribution in [0.15, 0.2) is 47.0 Å². The van der Waals surface area contributed by atoms with Gasteiger partial charge in [-0.25, -0.2) is 0 Å². The van der Waals surface area contributed by atoms with Crippen molar-refractivity contribution in [1.29, 1.82) is 0 Å². The highest BCUT2D eigenvalue weighted by atomic mass is 16.5. The first-order valence-corrected chi connectivity index (χ1v) is 9.70. The first-order valence-electron chi connectivity index (χ1n) is 9.70. The van der Waals surface area contributed by atoms with Crippen molar-refractivity contribution in [3.05, 3.63) is 48.4 Å². The van der Waals surface area contributed by atoms with Crippen LogP contribution < -0.4 is 19.5 Å². The molecule has 158 valence electrons. The van der Waals surface area contributed by atoms with Gasteiger partial charge in [-0.2, -0.15) is 4.98 Å². The van der Waals surface area contributed by atoms with Gasteiger partial charge in [-0.15, -0.1) is 0 Å². The lowest BCUT2D eigenvalue weighted by molar-refractivity contribution is -0.116. The number of nitrogens with one attached hydrogen (secondary N) is 1. The van der Waals surface area contributed by atoms with Gasteiger partial charge in [0.2, 0.25) is 17.6 Å². The maximum Gasteiger partial charge on any atom is 0.226 e. The van der Waals surface area contributed by atoms with Gasteiger partial charge >= 0.3 is 0 Å². The molecule has 0 radical (unpaired) electrons. The van der Waals surface area contributed by atoms with Crippen LogP contribution in [0.3, 0.4) is 0 Å². The van der Waals surface area contributed by atoms with Crippen molar-refractivity contribution in [2.24, 2.45) is 0 Å². The molecule has 0 spiro atoms. The summed E-state index contributed by atoms with van der Waals surface area (Å²) in [5, 5.41) is 6.88. The van der Waals surface area contributed by atoms with Crippen molar-refractivity contribution >= 4 is 11.6 Å². The minimum absolute atomic E-state index is 0.0706. The number of hydrogen-bond donors (Lipinski definition) is 1. The SMILES string of the molecule is CCOc1ccc(NC(=O)CCCc2nc(-c3ccc(OC)c(OC)c3)no2)cc1. The number of benzene rings is 2. The molecule has 0 aliphatic heterocycles. The second-order valence-electron chi connectivity index (χ2n) is 6.44. The van der Waals surface area contributed by atoms with Crippen LogP contribution >= 0.6 is 0 Å². The van der Waals surface area contributed by atoms with Gasteiger partial charge in [-0.1, -0.05) is 5.16 Å². The molecule has 0 saturated heterocycles. The average Bonchev–Trinajstić information content (AvgIpc) is 3.23. The van der Waals surface area contributed by atoms with Crippen LogP contribution in [0.25, 0.3) is 11.4 Å². The Labute approximate surface area is 175 Å². The minimum atomic E-state index is -0.0706. The fraction of sp³-hybridized carbons (Fsp3) is 0.318. The topological polar surface area (TPSA) is 95.7 Å². The molecule has 3 aromatic rings. The van der Waals surface area contributed by atoms with Crippen molar-refractivity contribution in [2.75, 3.05) is 26.1 Å². The monoisotopic (exact) mass is 411 g/mol. The Kier molecular flexibility index (Phi) is 7.26. The largest absolute Gasteiger partial charge is 0.494 e.